The van der Waals surface area contributed by atoms with Crippen molar-refractivity contribution < 1.29 is 23.7 Å². The van der Waals surface area contributed by atoms with Gasteiger partial charge in [-0.05, 0) is 47.0 Å². The molecule has 33 heavy (non-hydrogen) atoms. The Labute approximate surface area is 194 Å². The van der Waals surface area contributed by atoms with Crippen LogP contribution in [0, 0.1) is 0 Å². The van der Waals surface area contributed by atoms with Crippen molar-refractivity contribution >= 4 is 29.8 Å². The summed E-state index contributed by atoms with van der Waals surface area (Å²) in [6.07, 6.45) is 7.10. The number of amides is 1. The predicted molar refractivity (Wildman–Crippen MR) is 132 cm³/mol. The molecule has 1 amide bonds. The Morgan fingerprint density at radius 3 is 1.91 bits per heavy atom. The highest BCUT2D eigenvalue weighted by atomic mass is 16.5. The van der Waals surface area contributed by atoms with E-state index < -0.39 is 0 Å². The molecular formula is C27H27NO5. The van der Waals surface area contributed by atoms with Crippen molar-refractivity contribution in [3.05, 3.63) is 83.4 Å². The van der Waals surface area contributed by atoms with Crippen LogP contribution in [0.1, 0.15) is 16.7 Å². The lowest BCUT2D eigenvalue weighted by Gasteiger charge is -2.13. The number of carbonyl (C=O) groups is 1. The third-order valence-electron chi connectivity index (χ3n) is 4.86. The summed E-state index contributed by atoms with van der Waals surface area (Å²) in [5.74, 6) is 2.01. The van der Waals surface area contributed by atoms with Crippen molar-refractivity contribution in [3.8, 4) is 23.0 Å². The smallest absolute Gasteiger partial charge is 0.248 e. The summed E-state index contributed by atoms with van der Waals surface area (Å²) in [5.41, 5.74) is 3.28. The van der Waals surface area contributed by atoms with E-state index in [4.69, 9.17) is 18.9 Å². The molecule has 3 rings (SSSR count). The second-order valence-corrected chi connectivity index (χ2v) is 6.98. The summed E-state index contributed by atoms with van der Waals surface area (Å²) >= 11 is 0. The van der Waals surface area contributed by atoms with Gasteiger partial charge in [-0.25, -0.2) is 0 Å². The van der Waals surface area contributed by atoms with E-state index in [1.54, 1.807) is 34.5 Å². The SMILES string of the molecule is COc1ccc(C=Cc2cc(OC)c(OC)c(OC)c2)cc1NC(=O)C=Cc1ccccc1. The number of hydrogen-bond donors (Lipinski definition) is 1. The molecule has 0 aliphatic heterocycles. The minimum Gasteiger partial charge on any atom is -0.495 e. The maximum atomic E-state index is 12.4. The molecule has 0 radical (unpaired) electrons. The number of nitrogens with one attached hydrogen (secondary N) is 1. The Morgan fingerprint density at radius 1 is 0.667 bits per heavy atom. The van der Waals surface area contributed by atoms with Crippen LogP contribution >= 0.6 is 0 Å². The largest absolute Gasteiger partial charge is 0.495 e. The number of anilines is 1. The molecule has 170 valence electrons. The van der Waals surface area contributed by atoms with Gasteiger partial charge in [0.05, 0.1) is 34.1 Å². The van der Waals surface area contributed by atoms with Crippen molar-refractivity contribution in [1.29, 1.82) is 0 Å². The van der Waals surface area contributed by atoms with Crippen molar-refractivity contribution in [1.82, 2.24) is 0 Å². The summed E-state index contributed by atoms with van der Waals surface area (Å²) in [7, 11) is 6.29. The van der Waals surface area contributed by atoms with Gasteiger partial charge in [-0.3, -0.25) is 4.79 Å². The quantitative estimate of drug-likeness (QED) is 0.346. The highest BCUT2D eigenvalue weighted by Crippen LogP contribution is 2.38. The van der Waals surface area contributed by atoms with Gasteiger partial charge in [0, 0.05) is 6.08 Å². The number of rotatable bonds is 9. The third-order valence-corrected chi connectivity index (χ3v) is 4.86. The molecule has 6 heteroatoms. The van der Waals surface area contributed by atoms with E-state index in [9.17, 15) is 4.79 Å². The van der Waals surface area contributed by atoms with Crippen molar-refractivity contribution in [2.45, 2.75) is 0 Å². The second kappa shape index (κ2) is 11.4. The van der Waals surface area contributed by atoms with Crippen LogP contribution in [0.4, 0.5) is 5.69 Å². The third kappa shape index (κ3) is 6.17. The summed E-state index contributed by atoms with van der Waals surface area (Å²) in [4.78, 5) is 12.4. The van der Waals surface area contributed by atoms with Gasteiger partial charge in [-0.15, -0.1) is 0 Å². The lowest BCUT2D eigenvalue weighted by Crippen LogP contribution is -2.09. The fourth-order valence-corrected chi connectivity index (χ4v) is 3.23. The van der Waals surface area contributed by atoms with Crippen LogP contribution < -0.4 is 24.3 Å². The fraction of sp³-hybridized carbons (Fsp3) is 0.148. The molecule has 0 unspecified atom stereocenters. The molecule has 3 aromatic rings. The molecule has 3 aromatic carbocycles. The Kier molecular flexibility index (Phi) is 8.13. The summed E-state index contributed by atoms with van der Waals surface area (Å²) < 4.78 is 21.6. The van der Waals surface area contributed by atoms with E-state index in [1.807, 2.05) is 72.8 Å². The average Bonchev–Trinajstić information content (AvgIpc) is 2.86. The van der Waals surface area contributed by atoms with Crippen LogP contribution in [0.3, 0.4) is 0 Å². The molecule has 0 saturated carbocycles. The molecule has 0 heterocycles. The van der Waals surface area contributed by atoms with Crippen molar-refractivity contribution in [3.63, 3.8) is 0 Å². The molecule has 0 aliphatic carbocycles. The van der Waals surface area contributed by atoms with Gasteiger partial charge in [0.25, 0.3) is 0 Å². The van der Waals surface area contributed by atoms with Gasteiger partial charge in [0.15, 0.2) is 11.5 Å². The molecule has 0 fully saturated rings. The topological polar surface area (TPSA) is 66.0 Å². The van der Waals surface area contributed by atoms with Crippen LogP contribution in [0.5, 0.6) is 23.0 Å². The van der Waals surface area contributed by atoms with Crippen LogP contribution in [-0.4, -0.2) is 34.3 Å². The summed E-state index contributed by atoms with van der Waals surface area (Å²) in [6, 6.07) is 18.9. The van der Waals surface area contributed by atoms with Gasteiger partial charge in [-0.1, -0.05) is 48.6 Å². The van der Waals surface area contributed by atoms with E-state index >= 15 is 0 Å². The number of hydrogen-bond acceptors (Lipinski definition) is 5. The van der Waals surface area contributed by atoms with Gasteiger partial charge in [0.2, 0.25) is 11.7 Å². The number of benzene rings is 3. The predicted octanol–water partition coefficient (Wildman–Crippen LogP) is 5.54. The molecule has 0 spiro atoms. The normalized spacial score (nSPS) is 10.9. The lowest BCUT2D eigenvalue weighted by atomic mass is 10.1. The van der Waals surface area contributed by atoms with E-state index in [0.29, 0.717) is 28.7 Å². The summed E-state index contributed by atoms with van der Waals surface area (Å²) in [6.45, 7) is 0. The Bertz CT molecular complexity index is 1130. The number of methoxy groups -OCH3 is 4. The highest BCUT2D eigenvalue weighted by Gasteiger charge is 2.12. The van der Waals surface area contributed by atoms with Crippen LogP contribution in [0.15, 0.2) is 66.7 Å². The number of ether oxygens (including phenoxy) is 4. The fourth-order valence-electron chi connectivity index (χ4n) is 3.23. The first-order chi connectivity index (χ1) is 16.1. The van der Waals surface area contributed by atoms with Gasteiger partial charge >= 0.3 is 0 Å². The molecule has 0 aromatic heterocycles. The Hall–Kier alpha value is -4.19. The van der Waals surface area contributed by atoms with E-state index in [1.165, 1.54) is 6.08 Å². The molecule has 1 N–H and O–H groups in total. The minimum absolute atomic E-state index is 0.247. The van der Waals surface area contributed by atoms with Crippen LogP contribution in [-0.2, 0) is 4.79 Å². The first kappa shape index (κ1) is 23.5. The second-order valence-electron chi connectivity index (χ2n) is 6.98. The Morgan fingerprint density at radius 2 is 1.30 bits per heavy atom. The van der Waals surface area contributed by atoms with E-state index in [0.717, 1.165) is 16.7 Å². The van der Waals surface area contributed by atoms with Gasteiger partial charge < -0.3 is 24.3 Å². The van der Waals surface area contributed by atoms with Crippen molar-refractivity contribution in [2.24, 2.45) is 0 Å². The maximum Gasteiger partial charge on any atom is 0.248 e. The zero-order valence-electron chi connectivity index (χ0n) is 19.1. The van der Waals surface area contributed by atoms with Gasteiger partial charge in [0.1, 0.15) is 5.75 Å². The zero-order chi connectivity index (χ0) is 23.6. The molecule has 0 atom stereocenters. The molecule has 6 nitrogen and oxygen atoms in total. The first-order valence-electron chi connectivity index (χ1n) is 10.3. The van der Waals surface area contributed by atoms with E-state index in [2.05, 4.69) is 5.32 Å². The molecule has 0 saturated heterocycles. The first-order valence-corrected chi connectivity index (χ1v) is 10.3. The zero-order valence-corrected chi connectivity index (χ0v) is 19.1. The standard InChI is InChI=1S/C27H27NO5/c1-30-23-14-12-20(10-11-21-17-24(31-2)27(33-4)25(18-21)32-3)16-22(23)28-26(29)15-13-19-8-6-5-7-9-19/h5-18H,1-4H3,(H,28,29). The van der Waals surface area contributed by atoms with Crippen molar-refractivity contribution in [2.75, 3.05) is 33.8 Å². The average molecular weight is 446 g/mol. The molecule has 0 bridgehead atoms. The minimum atomic E-state index is -0.247. The van der Waals surface area contributed by atoms with E-state index in [-0.39, 0.29) is 5.91 Å². The Balaban J connectivity index is 1.81. The maximum absolute atomic E-state index is 12.4. The van der Waals surface area contributed by atoms with Crippen LogP contribution in [0.2, 0.25) is 0 Å². The monoisotopic (exact) mass is 445 g/mol. The highest BCUT2D eigenvalue weighted by molar-refractivity contribution is 6.03. The molecular weight excluding hydrogens is 418 g/mol. The summed E-state index contributed by atoms with van der Waals surface area (Å²) in [5, 5.41) is 2.88. The molecule has 0 aliphatic rings. The lowest BCUT2D eigenvalue weighted by molar-refractivity contribution is -0.111. The van der Waals surface area contributed by atoms with Gasteiger partial charge in [-0.2, -0.15) is 0 Å². The van der Waals surface area contributed by atoms with Crippen LogP contribution in [0.25, 0.3) is 18.2 Å². The number of carbonyl (C=O) groups excluding carboxylic acids is 1.